The molecule has 0 bridgehead atoms. The normalized spacial score (nSPS) is 19.1. The second-order valence-electron chi connectivity index (χ2n) is 6.73. The Kier molecular flexibility index (Phi) is 4.82. The van der Waals surface area contributed by atoms with E-state index in [-0.39, 0.29) is 19.5 Å². The summed E-state index contributed by atoms with van der Waals surface area (Å²) in [5.41, 5.74) is -0.570. The van der Waals surface area contributed by atoms with E-state index in [9.17, 15) is 14.4 Å². The minimum Gasteiger partial charge on any atom is -0.343 e. The number of nitrogens with zero attached hydrogens (tertiary/aromatic N) is 3. The van der Waals surface area contributed by atoms with Crippen molar-refractivity contribution in [3.05, 3.63) is 48.0 Å². The molecule has 0 saturated carbocycles. The van der Waals surface area contributed by atoms with E-state index >= 15 is 0 Å². The van der Waals surface area contributed by atoms with E-state index in [0.29, 0.717) is 5.56 Å². The average Bonchev–Trinajstić information content (AvgIpc) is 2.89. The van der Waals surface area contributed by atoms with E-state index in [1.807, 2.05) is 48.5 Å². The lowest BCUT2D eigenvalue weighted by atomic mass is 9.90. The second kappa shape index (κ2) is 7.08. The molecular weight excluding hydrogens is 344 g/mol. The second-order valence-corrected chi connectivity index (χ2v) is 6.73. The fourth-order valence-electron chi connectivity index (χ4n) is 3.13. The fourth-order valence-corrected chi connectivity index (χ4v) is 3.13. The maximum atomic E-state index is 13.0. The Labute approximate surface area is 157 Å². The van der Waals surface area contributed by atoms with Gasteiger partial charge in [-0.1, -0.05) is 36.4 Å². The molecule has 7 heteroatoms. The van der Waals surface area contributed by atoms with E-state index in [1.54, 1.807) is 14.0 Å². The number of benzene rings is 2. The zero-order chi connectivity index (χ0) is 19.6. The van der Waals surface area contributed by atoms with Crippen LogP contribution in [-0.4, -0.2) is 47.8 Å². The zero-order valence-electron chi connectivity index (χ0n) is 15.2. The number of nitriles is 1. The van der Waals surface area contributed by atoms with Gasteiger partial charge in [0.15, 0.2) is 0 Å². The van der Waals surface area contributed by atoms with Gasteiger partial charge in [0.05, 0.1) is 12.5 Å². The van der Waals surface area contributed by atoms with Crippen LogP contribution in [0.25, 0.3) is 10.8 Å². The van der Waals surface area contributed by atoms with Crippen LogP contribution in [0, 0.1) is 11.3 Å². The summed E-state index contributed by atoms with van der Waals surface area (Å²) in [7, 11) is 1.54. The number of amides is 4. The monoisotopic (exact) mass is 364 g/mol. The summed E-state index contributed by atoms with van der Waals surface area (Å²) < 4.78 is 0. The molecule has 1 fully saturated rings. The van der Waals surface area contributed by atoms with Crippen LogP contribution in [-0.2, 0) is 15.1 Å². The van der Waals surface area contributed by atoms with Crippen molar-refractivity contribution in [1.29, 1.82) is 5.26 Å². The smallest absolute Gasteiger partial charge is 0.325 e. The highest BCUT2D eigenvalue weighted by Gasteiger charge is 2.49. The Morgan fingerprint density at radius 2 is 1.93 bits per heavy atom. The van der Waals surface area contributed by atoms with Gasteiger partial charge in [0.1, 0.15) is 12.1 Å². The van der Waals surface area contributed by atoms with Crippen LogP contribution in [0.5, 0.6) is 0 Å². The van der Waals surface area contributed by atoms with E-state index in [2.05, 4.69) is 5.32 Å². The number of carbonyl (C=O) groups excluding carboxylic acids is 3. The Morgan fingerprint density at radius 1 is 1.22 bits per heavy atom. The number of urea groups is 1. The summed E-state index contributed by atoms with van der Waals surface area (Å²) in [4.78, 5) is 39.9. The van der Waals surface area contributed by atoms with Crippen molar-refractivity contribution in [1.82, 2.24) is 15.1 Å². The molecule has 1 aliphatic rings. The van der Waals surface area contributed by atoms with Crippen molar-refractivity contribution in [2.45, 2.75) is 18.9 Å². The third kappa shape index (κ3) is 3.34. The van der Waals surface area contributed by atoms with Crippen molar-refractivity contribution < 1.29 is 14.4 Å². The minimum atomic E-state index is -1.23. The van der Waals surface area contributed by atoms with Crippen molar-refractivity contribution >= 4 is 28.6 Å². The molecule has 0 unspecified atom stereocenters. The highest BCUT2D eigenvalue weighted by atomic mass is 16.2. The van der Waals surface area contributed by atoms with Gasteiger partial charge in [-0.05, 0) is 29.3 Å². The van der Waals surface area contributed by atoms with Crippen LogP contribution in [0.4, 0.5) is 4.79 Å². The van der Waals surface area contributed by atoms with Gasteiger partial charge in [-0.25, -0.2) is 4.79 Å². The summed E-state index contributed by atoms with van der Waals surface area (Å²) in [5.74, 6) is -0.860. The first-order valence-electron chi connectivity index (χ1n) is 8.61. The number of fused-ring (bicyclic) bond motifs is 1. The Balaban J connectivity index is 1.83. The lowest BCUT2D eigenvalue weighted by Crippen LogP contribution is -2.43. The average molecular weight is 364 g/mol. The number of carbonyl (C=O) groups is 3. The maximum Gasteiger partial charge on any atom is 0.325 e. The third-order valence-electron chi connectivity index (χ3n) is 4.88. The van der Waals surface area contributed by atoms with E-state index in [4.69, 9.17) is 5.26 Å². The molecule has 27 heavy (non-hydrogen) atoms. The van der Waals surface area contributed by atoms with Crippen LogP contribution >= 0.6 is 0 Å². The fraction of sp³-hybridized carbons (Fsp3) is 0.300. The molecule has 0 spiro atoms. The lowest BCUT2D eigenvalue weighted by molar-refractivity contribution is -0.138. The molecule has 138 valence electrons. The predicted molar refractivity (Wildman–Crippen MR) is 99.4 cm³/mol. The largest absolute Gasteiger partial charge is 0.343 e. The molecular formula is C20H20N4O3. The van der Waals surface area contributed by atoms with Crippen molar-refractivity contribution in [2.24, 2.45) is 0 Å². The molecule has 0 aliphatic carbocycles. The molecule has 1 aliphatic heterocycles. The standard InChI is InChI=1S/C20H20N4O3/c1-20(16-9-8-14-6-3-4-7-15(14)12-16)18(26)24(19(27)22-20)13-17(25)23(2)11-5-10-21/h3-4,6-9,12H,5,11,13H2,1-2H3,(H,22,27)/t20-/m0/s1. The van der Waals surface area contributed by atoms with Crippen LogP contribution < -0.4 is 5.32 Å². The topological polar surface area (TPSA) is 93.5 Å². The van der Waals surface area contributed by atoms with Crippen LogP contribution in [0.2, 0.25) is 0 Å². The van der Waals surface area contributed by atoms with E-state index in [0.717, 1.165) is 15.7 Å². The van der Waals surface area contributed by atoms with Gasteiger partial charge in [-0.2, -0.15) is 5.26 Å². The van der Waals surface area contributed by atoms with Gasteiger partial charge in [0.25, 0.3) is 5.91 Å². The SMILES string of the molecule is CN(CCC#N)C(=O)CN1C(=O)N[C@@](C)(c2ccc3ccccc3c2)C1=O. The number of hydrogen-bond donors (Lipinski definition) is 1. The summed E-state index contributed by atoms with van der Waals surface area (Å²) in [5, 5.41) is 13.3. The quantitative estimate of drug-likeness (QED) is 0.821. The minimum absolute atomic E-state index is 0.192. The van der Waals surface area contributed by atoms with Gasteiger partial charge in [0.2, 0.25) is 5.91 Å². The maximum absolute atomic E-state index is 13.0. The summed E-state index contributed by atoms with van der Waals surface area (Å²) in [6.45, 7) is 1.54. The molecule has 0 aromatic heterocycles. The molecule has 3 rings (SSSR count). The molecule has 2 aromatic carbocycles. The Hall–Kier alpha value is -3.40. The van der Waals surface area contributed by atoms with Crippen molar-refractivity contribution in [3.8, 4) is 6.07 Å². The lowest BCUT2D eigenvalue weighted by Gasteiger charge is -2.23. The number of nitrogens with one attached hydrogen (secondary N) is 1. The van der Waals surface area contributed by atoms with Gasteiger partial charge in [0, 0.05) is 13.6 Å². The first-order chi connectivity index (χ1) is 12.9. The summed E-state index contributed by atoms with van der Waals surface area (Å²) in [6.07, 6.45) is 0.192. The van der Waals surface area contributed by atoms with Crippen LogP contribution in [0.3, 0.4) is 0 Å². The number of hydrogen-bond acceptors (Lipinski definition) is 4. The Bertz CT molecular complexity index is 965. The van der Waals surface area contributed by atoms with Crippen molar-refractivity contribution in [3.63, 3.8) is 0 Å². The van der Waals surface area contributed by atoms with E-state index in [1.165, 1.54) is 4.90 Å². The Morgan fingerprint density at radius 3 is 2.63 bits per heavy atom. The third-order valence-corrected chi connectivity index (χ3v) is 4.88. The number of likely N-dealkylation sites (N-methyl/N-ethyl adjacent to an activating group) is 1. The predicted octanol–water partition coefficient (Wildman–Crippen LogP) is 1.98. The molecule has 1 heterocycles. The van der Waals surface area contributed by atoms with Gasteiger partial charge in [-0.15, -0.1) is 0 Å². The number of imide groups is 1. The molecule has 1 N–H and O–H groups in total. The van der Waals surface area contributed by atoms with E-state index < -0.39 is 23.4 Å². The molecule has 4 amide bonds. The number of rotatable bonds is 5. The highest BCUT2D eigenvalue weighted by molar-refractivity contribution is 6.09. The first-order valence-corrected chi connectivity index (χ1v) is 8.61. The summed E-state index contributed by atoms with van der Waals surface area (Å²) >= 11 is 0. The van der Waals surface area contributed by atoms with Crippen LogP contribution in [0.1, 0.15) is 18.9 Å². The van der Waals surface area contributed by atoms with Gasteiger partial charge in [-0.3, -0.25) is 14.5 Å². The molecule has 1 saturated heterocycles. The molecule has 7 nitrogen and oxygen atoms in total. The highest BCUT2D eigenvalue weighted by Crippen LogP contribution is 2.31. The van der Waals surface area contributed by atoms with Crippen LogP contribution in [0.15, 0.2) is 42.5 Å². The van der Waals surface area contributed by atoms with Gasteiger partial charge >= 0.3 is 6.03 Å². The van der Waals surface area contributed by atoms with Crippen molar-refractivity contribution in [2.75, 3.05) is 20.1 Å². The molecule has 0 radical (unpaired) electrons. The van der Waals surface area contributed by atoms with Gasteiger partial charge < -0.3 is 10.2 Å². The summed E-state index contributed by atoms with van der Waals surface area (Å²) in [6, 6.07) is 14.7. The first kappa shape index (κ1) is 18.4. The zero-order valence-corrected chi connectivity index (χ0v) is 15.2. The molecule has 2 aromatic rings. The molecule has 1 atom stereocenters.